The minimum atomic E-state index is -3.50. The van der Waals surface area contributed by atoms with Crippen molar-refractivity contribution in [3.05, 3.63) is 28.2 Å². The molecule has 9 heteroatoms. The van der Waals surface area contributed by atoms with E-state index in [1.807, 2.05) is 0 Å². The monoisotopic (exact) mass is 370 g/mol. The highest BCUT2D eigenvalue weighted by Gasteiger charge is 2.36. The molecule has 0 amide bonds. The van der Waals surface area contributed by atoms with E-state index < -0.39 is 26.0 Å². The van der Waals surface area contributed by atoms with Gasteiger partial charge in [0.15, 0.2) is 6.61 Å². The standard InChI is InChI=1S/C13H17Cl2O6P/c1-4-13(22(17,18-2)19-3)21-12(16)8-20-11-6-5-9(14)7-10(11)15/h5-7,13H,4,8H2,1-3H3. The second-order valence-electron chi connectivity index (χ2n) is 4.12. The van der Waals surface area contributed by atoms with E-state index in [2.05, 4.69) is 0 Å². The van der Waals surface area contributed by atoms with E-state index in [4.69, 9.17) is 41.7 Å². The van der Waals surface area contributed by atoms with Crippen molar-refractivity contribution in [2.75, 3.05) is 20.8 Å². The van der Waals surface area contributed by atoms with Crippen molar-refractivity contribution in [3.63, 3.8) is 0 Å². The molecule has 22 heavy (non-hydrogen) atoms. The number of halogens is 2. The average Bonchev–Trinajstić information content (AvgIpc) is 2.51. The van der Waals surface area contributed by atoms with Gasteiger partial charge in [0.1, 0.15) is 5.75 Å². The van der Waals surface area contributed by atoms with Gasteiger partial charge >= 0.3 is 13.6 Å². The van der Waals surface area contributed by atoms with Crippen LogP contribution in [0.15, 0.2) is 18.2 Å². The number of rotatable bonds is 8. The Kier molecular flexibility index (Phi) is 7.66. The average molecular weight is 371 g/mol. The summed E-state index contributed by atoms with van der Waals surface area (Å²) in [6, 6.07) is 4.60. The minimum absolute atomic E-state index is 0.270. The minimum Gasteiger partial charge on any atom is -0.480 e. The van der Waals surface area contributed by atoms with Crippen LogP contribution >= 0.6 is 30.8 Å². The molecule has 0 radical (unpaired) electrons. The number of hydrogen-bond acceptors (Lipinski definition) is 6. The molecule has 1 aromatic carbocycles. The van der Waals surface area contributed by atoms with E-state index in [-0.39, 0.29) is 17.2 Å². The van der Waals surface area contributed by atoms with Gasteiger partial charge in [-0.2, -0.15) is 0 Å². The Labute approximate surface area is 139 Å². The van der Waals surface area contributed by atoms with Gasteiger partial charge in [-0.15, -0.1) is 0 Å². The van der Waals surface area contributed by atoms with E-state index in [0.717, 1.165) is 0 Å². The van der Waals surface area contributed by atoms with Crippen LogP contribution in [0.3, 0.4) is 0 Å². The Hall–Kier alpha value is -0.780. The van der Waals surface area contributed by atoms with E-state index in [9.17, 15) is 9.36 Å². The number of ether oxygens (including phenoxy) is 2. The normalized spacial score (nSPS) is 12.8. The molecule has 0 saturated carbocycles. The van der Waals surface area contributed by atoms with Crippen LogP contribution in [0.25, 0.3) is 0 Å². The summed E-state index contributed by atoms with van der Waals surface area (Å²) in [5.41, 5.74) is 0. The van der Waals surface area contributed by atoms with Crippen molar-refractivity contribution in [3.8, 4) is 5.75 Å². The molecular formula is C13H17Cl2O6P. The fourth-order valence-corrected chi connectivity index (χ4v) is 3.37. The second kappa shape index (κ2) is 8.75. The van der Waals surface area contributed by atoms with Crippen LogP contribution in [-0.2, 0) is 23.1 Å². The lowest BCUT2D eigenvalue weighted by Crippen LogP contribution is -2.23. The van der Waals surface area contributed by atoms with E-state index in [0.29, 0.717) is 5.02 Å². The van der Waals surface area contributed by atoms with Gasteiger partial charge in [-0.25, -0.2) is 4.79 Å². The maximum atomic E-state index is 12.2. The smallest absolute Gasteiger partial charge is 0.370 e. The van der Waals surface area contributed by atoms with Crippen LogP contribution < -0.4 is 4.74 Å². The topological polar surface area (TPSA) is 71.1 Å². The van der Waals surface area contributed by atoms with Crippen LogP contribution in [0.4, 0.5) is 0 Å². The lowest BCUT2D eigenvalue weighted by molar-refractivity contribution is -0.148. The van der Waals surface area contributed by atoms with Gasteiger partial charge in [-0.1, -0.05) is 30.1 Å². The molecule has 124 valence electrons. The van der Waals surface area contributed by atoms with Crippen LogP contribution in [0.1, 0.15) is 13.3 Å². The predicted molar refractivity (Wildman–Crippen MR) is 83.8 cm³/mol. The van der Waals surface area contributed by atoms with Crippen molar-refractivity contribution in [2.24, 2.45) is 0 Å². The van der Waals surface area contributed by atoms with Crippen molar-refractivity contribution >= 4 is 36.8 Å². The highest BCUT2D eigenvalue weighted by molar-refractivity contribution is 7.54. The number of hydrogen-bond donors (Lipinski definition) is 0. The Morgan fingerprint density at radius 2 is 1.91 bits per heavy atom. The summed E-state index contributed by atoms with van der Waals surface area (Å²) in [4.78, 5) is 11.8. The van der Waals surface area contributed by atoms with Crippen LogP contribution in [0.5, 0.6) is 5.75 Å². The lowest BCUT2D eigenvalue weighted by Gasteiger charge is -2.23. The maximum Gasteiger partial charge on any atom is 0.370 e. The quantitative estimate of drug-likeness (QED) is 0.505. The molecule has 0 aromatic heterocycles. The molecule has 0 aliphatic rings. The molecule has 0 bridgehead atoms. The molecule has 0 aliphatic heterocycles. The number of benzene rings is 1. The van der Waals surface area contributed by atoms with Crippen molar-refractivity contribution in [2.45, 2.75) is 19.2 Å². The maximum absolute atomic E-state index is 12.2. The fourth-order valence-electron chi connectivity index (χ4n) is 1.60. The first-order valence-electron chi connectivity index (χ1n) is 6.34. The summed E-state index contributed by atoms with van der Waals surface area (Å²) < 4.78 is 32.1. The molecule has 1 atom stereocenters. The zero-order valence-electron chi connectivity index (χ0n) is 12.4. The molecule has 0 N–H and O–H groups in total. The summed E-state index contributed by atoms with van der Waals surface area (Å²) in [5.74, 6) is -1.43. The van der Waals surface area contributed by atoms with E-state index in [1.165, 1.54) is 26.4 Å². The summed E-state index contributed by atoms with van der Waals surface area (Å²) in [6.07, 6.45) is 0.270. The fraction of sp³-hybridized carbons (Fsp3) is 0.462. The van der Waals surface area contributed by atoms with Gasteiger partial charge in [0.2, 0.25) is 5.85 Å². The first kappa shape index (κ1) is 19.3. The predicted octanol–water partition coefficient (Wildman–Crippen LogP) is 4.14. The van der Waals surface area contributed by atoms with Crippen LogP contribution in [-0.4, -0.2) is 32.6 Å². The lowest BCUT2D eigenvalue weighted by atomic mass is 10.3. The molecule has 0 fully saturated rings. The Balaban J connectivity index is 2.63. The number of carbonyl (C=O) groups is 1. The molecule has 1 unspecified atom stereocenters. The molecule has 1 aromatic rings. The largest absolute Gasteiger partial charge is 0.480 e. The summed E-state index contributed by atoms with van der Waals surface area (Å²) >= 11 is 11.7. The Morgan fingerprint density at radius 3 is 2.41 bits per heavy atom. The highest BCUT2D eigenvalue weighted by Crippen LogP contribution is 2.53. The van der Waals surface area contributed by atoms with Gasteiger partial charge in [0, 0.05) is 19.2 Å². The Bertz CT molecular complexity index is 557. The van der Waals surface area contributed by atoms with E-state index in [1.54, 1.807) is 13.0 Å². The number of esters is 1. The summed E-state index contributed by atoms with van der Waals surface area (Å²) in [7, 11) is -1.05. The third kappa shape index (κ3) is 5.14. The van der Waals surface area contributed by atoms with Gasteiger partial charge in [-0.05, 0) is 24.6 Å². The second-order valence-corrected chi connectivity index (χ2v) is 7.35. The highest BCUT2D eigenvalue weighted by atomic mass is 35.5. The first-order chi connectivity index (χ1) is 10.4. The van der Waals surface area contributed by atoms with Crippen molar-refractivity contribution in [1.82, 2.24) is 0 Å². The Morgan fingerprint density at radius 1 is 1.27 bits per heavy atom. The molecule has 0 spiro atoms. The van der Waals surface area contributed by atoms with Gasteiger partial charge in [0.05, 0.1) is 5.02 Å². The molecule has 1 rings (SSSR count). The van der Waals surface area contributed by atoms with Crippen LogP contribution in [0.2, 0.25) is 10.0 Å². The van der Waals surface area contributed by atoms with Gasteiger partial charge in [0.25, 0.3) is 0 Å². The summed E-state index contributed by atoms with van der Waals surface area (Å²) in [6.45, 7) is 1.30. The third-order valence-electron chi connectivity index (χ3n) is 2.72. The molecule has 6 nitrogen and oxygen atoms in total. The molecule has 0 heterocycles. The van der Waals surface area contributed by atoms with Gasteiger partial charge < -0.3 is 18.5 Å². The zero-order valence-corrected chi connectivity index (χ0v) is 14.8. The zero-order chi connectivity index (χ0) is 16.8. The summed E-state index contributed by atoms with van der Waals surface area (Å²) in [5, 5.41) is 0.721. The molecule has 0 aliphatic carbocycles. The molecule has 0 saturated heterocycles. The van der Waals surface area contributed by atoms with E-state index >= 15 is 0 Å². The number of carbonyl (C=O) groups excluding carboxylic acids is 1. The van der Waals surface area contributed by atoms with Crippen molar-refractivity contribution < 1.29 is 27.9 Å². The molecular weight excluding hydrogens is 354 g/mol. The SMILES string of the molecule is CCC(OC(=O)COc1ccc(Cl)cc1Cl)P(=O)(OC)OC. The van der Waals surface area contributed by atoms with Crippen LogP contribution in [0, 0.1) is 0 Å². The van der Waals surface area contributed by atoms with Crippen molar-refractivity contribution in [1.29, 1.82) is 0 Å². The first-order valence-corrected chi connectivity index (χ1v) is 8.71. The third-order valence-corrected chi connectivity index (χ3v) is 5.44. The van der Waals surface area contributed by atoms with Gasteiger partial charge in [-0.3, -0.25) is 4.57 Å².